The topological polar surface area (TPSA) is 0 Å². The van der Waals surface area contributed by atoms with E-state index in [0.29, 0.717) is 0 Å². The third-order valence-electron chi connectivity index (χ3n) is 4.23. The van der Waals surface area contributed by atoms with Crippen LogP contribution in [-0.4, -0.2) is 0 Å². The molecule has 12 heavy (non-hydrogen) atoms. The maximum Gasteiger partial charge on any atom is -0.0226 e. The first-order valence-corrected chi connectivity index (χ1v) is 5.33. The van der Waals surface area contributed by atoms with Crippen LogP contribution in [0, 0.1) is 23.2 Å². The summed E-state index contributed by atoms with van der Waals surface area (Å²) in [5.41, 5.74) is 0.749. The third-order valence-corrected chi connectivity index (χ3v) is 4.23. The zero-order chi connectivity index (χ0) is 8.77. The van der Waals surface area contributed by atoms with E-state index in [0.717, 1.165) is 23.2 Å². The lowest BCUT2D eigenvalue weighted by Gasteiger charge is -2.12. The van der Waals surface area contributed by atoms with Crippen LogP contribution < -0.4 is 0 Å². The van der Waals surface area contributed by atoms with Gasteiger partial charge in [-0.25, -0.2) is 0 Å². The average molecular weight is 164 g/mol. The second-order valence-electron chi connectivity index (χ2n) is 4.92. The molecule has 0 aromatic heterocycles. The van der Waals surface area contributed by atoms with Crippen LogP contribution in [-0.2, 0) is 0 Å². The molecule has 68 valence electrons. The van der Waals surface area contributed by atoms with Crippen molar-refractivity contribution in [1.82, 2.24) is 0 Å². The molecular formula is C12H20. The summed E-state index contributed by atoms with van der Waals surface area (Å²) >= 11 is 0. The predicted molar refractivity (Wildman–Crippen MR) is 52.9 cm³/mol. The smallest absolute Gasteiger partial charge is 0.0226 e. The lowest BCUT2D eigenvalue weighted by Crippen LogP contribution is -2.03. The van der Waals surface area contributed by atoms with Crippen LogP contribution in [0.2, 0.25) is 0 Å². The van der Waals surface area contributed by atoms with Crippen LogP contribution >= 0.6 is 0 Å². The molecule has 2 aliphatic rings. The summed E-state index contributed by atoms with van der Waals surface area (Å²) in [6.07, 6.45) is 9.07. The highest BCUT2D eigenvalue weighted by Gasteiger charge is 2.63. The molecule has 0 N–H and O–H groups in total. The maximum atomic E-state index is 2.50. The first-order valence-electron chi connectivity index (χ1n) is 5.33. The minimum absolute atomic E-state index is 0.749. The van der Waals surface area contributed by atoms with Gasteiger partial charge in [0.15, 0.2) is 0 Å². The summed E-state index contributed by atoms with van der Waals surface area (Å²) < 4.78 is 0. The fourth-order valence-corrected chi connectivity index (χ4v) is 3.65. The lowest BCUT2D eigenvalue weighted by atomic mass is 9.93. The van der Waals surface area contributed by atoms with Gasteiger partial charge in [0.2, 0.25) is 0 Å². The average Bonchev–Trinajstić information content (AvgIpc) is 2.40. The van der Waals surface area contributed by atoms with Crippen molar-refractivity contribution in [3.05, 3.63) is 12.2 Å². The summed E-state index contributed by atoms with van der Waals surface area (Å²) in [7, 11) is 0. The van der Waals surface area contributed by atoms with Crippen molar-refractivity contribution < 1.29 is 0 Å². The summed E-state index contributed by atoms with van der Waals surface area (Å²) in [6.45, 7) is 7.01. The summed E-state index contributed by atoms with van der Waals surface area (Å²) in [6, 6.07) is 0. The van der Waals surface area contributed by atoms with Gasteiger partial charge in [0.25, 0.3) is 0 Å². The summed E-state index contributed by atoms with van der Waals surface area (Å²) in [5.74, 6) is 2.91. The highest BCUT2D eigenvalue weighted by molar-refractivity contribution is 5.15. The van der Waals surface area contributed by atoms with Gasteiger partial charge >= 0.3 is 0 Å². The highest BCUT2D eigenvalue weighted by Crippen LogP contribution is 2.70. The fraction of sp³-hybridized carbons (Fsp3) is 0.833. The lowest BCUT2D eigenvalue weighted by molar-refractivity contribution is 0.418. The summed E-state index contributed by atoms with van der Waals surface area (Å²) in [5, 5.41) is 0. The van der Waals surface area contributed by atoms with Gasteiger partial charge in [0.05, 0.1) is 0 Å². The van der Waals surface area contributed by atoms with Crippen LogP contribution in [0.5, 0.6) is 0 Å². The van der Waals surface area contributed by atoms with E-state index in [2.05, 4.69) is 32.9 Å². The van der Waals surface area contributed by atoms with Crippen molar-refractivity contribution in [2.45, 2.75) is 40.0 Å². The summed E-state index contributed by atoms with van der Waals surface area (Å²) in [4.78, 5) is 0. The maximum absolute atomic E-state index is 2.50. The van der Waals surface area contributed by atoms with Gasteiger partial charge in [-0.1, -0.05) is 32.4 Å². The van der Waals surface area contributed by atoms with Crippen LogP contribution in [0.1, 0.15) is 40.0 Å². The van der Waals surface area contributed by atoms with Gasteiger partial charge in [-0.05, 0) is 42.9 Å². The largest absolute Gasteiger partial charge is 0.0914 e. The minimum Gasteiger partial charge on any atom is -0.0914 e. The molecule has 0 aromatic carbocycles. The molecule has 0 heterocycles. The molecule has 0 heteroatoms. The van der Waals surface area contributed by atoms with E-state index in [1.807, 2.05) is 0 Å². The van der Waals surface area contributed by atoms with Crippen LogP contribution in [0.15, 0.2) is 12.2 Å². The standard InChI is InChI=1S/C12H20/c1-4-6-9(2)11-10-7-5-8-12(10,11)3/h4,6,9-11H,5,7-8H2,1-3H3/b6-4+. The molecule has 2 aliphatic carbocycles. The Kier molecular flexibility index (Phi) is 1.82. The normalized spacial score (nSPS) is 47.9. The Morgan fingerprint density at radius 1 is 1.50 bits per heavy atom. The first-order chi connectivity index (χ1) is 5.70. The van der Waals surface area contributed by atoms with Crippen molar-refractivity contribution in [3.63, 3.8) is 0 Å². The van der Waals surface area contributed by atoms with Gasteiger partial charge in [0.1, 0.15) is 0 Å². The number of hydrogen-bond donors (Lipinski definition) is 0. The van der Waals surface area contributed by atoms with Crippen molar-refractivity contribution in [2.75, 3.05) is 0 Å². The van der Waals surface area contributed by atoms with E-state index in [1.54, 1.807) is 0 Å². The Hall–Kier alpha value is -0.260. The van der Waals surface area contributed by atoms with Crippen LogP contribution in [0.4, 0.5) is 0 Å². The van der Waals surface area contributed by atoms with E-state index in [9.17, 15) is 0 Å². The van der Waals surface area contributed by atoms with E-state index < -0.39 is 0 Å². The molecule has 0 amide bonds. The van der Waals surface area contributed by atoms with Crippen molar-refractivity contribution in [3.8, 4) is 0 Å². The van der Waals surface area contributed by atoms with E-state index in [-0.39, 0.29) is 0 Å². The Morgan fingerprint density at radius 3 is 2.75 bits per heavy atom. The van der Waals surface area contributed by atoms with Crippen molar-refractivity contribution in [1.29, 1.82) is 0 Å². The van der Waals surface area contributed by atoms with Crippen LogP contribution in [0.3, 0.4) is 0 Å². The second-order valence-corrected chi connectivity index (χ2v) is 4.92. The molecule has 2 fully saturated rings. The third kappa shape index (κ3) is 0.967. The minimum atomic E-state index is 0.749. The molecule has 0 bridgehead atoms. The quantitative estimate of drug-likeness (QED) is 0.547. The number of fused-ring (bicyclic) bond motifs is 1. The second kappa shape index (κ2) is 2.61. The molecule has 2 saturated carbocycles. The van der Waals surface area contributed by atoms with Gasteiger partial charge in [0, 0.05) is 0 Å². The SMILES string of the molecule is C/C=C/C(C)C1C2CCCC21C. The van der Waals surface area contributed by atoms with E-state index in [4.69, 9.17) is 0 Å². The molecule has 0 saturated heterocycles. The molecule has 0 aliphatic heterocycles. The number of allylic oxidation sites excluding steroid dienone is 2. The fourth-order valence-electron chi connectivity index (χ4n) is 3.65. The Bertz CT molecular complexity index is 204. The van der Waals surface area contributed by atoms with Crippen LogP contribution in [0.25, 0.3) is 0 Å². The van der Waals surface area contributed by atoms with Crippen molar-refractivity contribution in [2.24, 2.45) is 23.2 Å². The first kappa shape index (κ1) is 8.34. The molecule has 4 atom stereocenters. The molecule has 0 spiro atoms. The molecule has 0 aromatic rings. The zero-order valence-electron chi connectivity index (χ0n) is 8.51. The van der Waals surface area contributed by atoms with Gasteiger partial charge in [-0.15, -0.1) is 0 Å². The Labute approximate surface area is 76.1 Å². The highest BCUT2D eigenvalue weighted by atomic mass is 14.7. The Morgan fingerprint density at radius 2 is 2.25 bits per heavy atom. The number of rotatable bonds is 2. The van der Waals surface area contributed by atoms with Gasteiger partial charge in [-0.2, -0.15) is 0 Å². The van der Waals surface area contributed by atoms with Crippen molar-refractivity contribution >= 4 is 0 Å². The monoisotopic (exact) mass is 164 g/mol. The molecule has 0 nitrogen and oxygen atoms in total. The molecule has 2 rings (SSSR count). The molecule has 4 unspecified atom stereocenters. The predicted octanol–water partition coefficient (Wildman–Crippen LogP) is 3.63. The molecular weight excluding hydrogens is 144 g/mol. The van der Waals surface area contributed by atoms with E-state index in [1.165, 1.54) is 19.3 Å². The molecule has 0 radical (unpaired) electrons. The van der Waals surface area contributed by atoms with Gasteiger partial charge in [-0.3, -0.25) is 0 Å². The van der Waals surface area contributed by atoms with Gasteiger partial charge < -0.3 is 0 Å². The Balaban J connectivity index is 2.01. The zero-order valence-corrected chi connectivity index (χ0v) is 8.51. The van der Waals surface area contributed by atoms with E-state index >= 15 is 0 Å². The number of hydrogen-bond acceptors (Lipinski definition) is 0.